The maximum Gasteiger partial charge on any atom is 0.159 e. The number of aryl methyl sites for hydroxylation is 1. The van der Waals surface area contributed by atoms with Crippen LogP contribution in [0.15, 0.2) is 79.1 Å². The summed E-state index contributed by atoms with van der Waals surface area (Å²) in [4.78, 5) is 15.2. The van der Waals surface area contributed by atoms with Crippen molar-refractivity contribution < 1.29 is 5.11 Å². The van der Waals surface area contributed by atoms with Crippen LogP contribution < -0.4 is 5.32 Å². The summed E-state index contributed by atoms with van der Waals surface area (Å²) in [7, 11) is 0. The largest absolute Gasteiger partial charge is 0.374 e. The van der Waals surface area contributed by atoms with Gasteiger partial charge in [0.1, 0.15) is 5.69 Å². The van der Waals surface area contributed by atoms with Gasteiger partial charge in [-0.05, 0) is 97.6 Å². The molecule has 0 saturated carbocycles. The van der Waals surface area contributed by atoms with Crippen molar-refractivity contribution in [1.82, 2.24) is 25.2 Å². The molecule has 210 valence electrons. The molecule has 1 aliphatic heterocycles. The van der Waals surface area contributed by atoms with Crippen LogP contribution in [0.25, 0.3) is 22.0 Å². The van der Waals surface area contributed by atoms with E-state index in [0.717, 1.165) is 46.5 Å². The Kier molecular flexibility index (Phi) is 8.11. The number of rotatable bonds is 9. The third-order valence-electron chi connectivity index (χ3n) is 7.96. The van der Waals surface area contributed by atoms with E-state index in [-0.39, 0.29) is 0 Å². The van der Waals surface area contributed by atoms with Crippen LogP contribution in [0.3, 0.4) is 0 Å². The number of nitrogens with zero attached hydrogens (tertiary/aromatic N) is 3. The van der Waals surface area contributed by atoms with E-state index in [9.17, 15) is 5.11 Å². The highest BCUT2D eigenvalue weighted by molar-refractivity contribution is 6.31. The van der Waals surface area contributed by atoms with Crippen LogP contribution >= 0.6 is 23.2 Å². The monoisotopic (exact) mass is 585 g/mol. The van der Waals surface area contributed by atoms with Gasteiger partial charge < -0.3 is 20.3 Å². The number of fused-ring (bicyclic) bond motifs is 1. The minimum atomic E-state index is -1.51. The molecule has 0 spiro atoms. The molecule has 0 radical (unpaired) electrons. The number of pyridine rings is 1. The van der Waals surface area contributed by atoms with E-state index in [2.05, 4.69) is 32.3 Å². The second-order valence-electron chi connectivity index (χ2n) is 10.7. The molecule has 1 aliphatic rings. The van der Waals surface area contributed by atoms with Crippen LogP contribution in [-0.2, 0) is 12.1 Å². The van der Waals surface area contributed by atoms with Crippen molar-refractivity contribution in [3.8, 4) is 11.1 Å². The molecular weight excluding hydrogens is 553 g/mol. The molecule has 0 aliphatic carbocycles. The van der Waals surface area contributed by atoms with Crippen LogP contribution in [0.1, 0.15) is 41.1 Å². The molecule has 3 aromatic carbocycles. The molecule has 1 atom stereocenters. The highest BCUT2D eigenvalue weighted by atomic mass is 35.5. The maximum atomic E-state index is 12.5. The van der Waals surface area contributed by atoms with E-state index >= 15 is 0 Å². The van der Waals surface area contributed by atoms with Crippen molar-refractivity contribution in [2.24, 2.45) is 0 Å². The van der Waals surface area contributed by atoms with E-state index in [0.29, 0.717) is 33.4 Å². The zero-order valence-corrected chi connectivity index (χ0v) is 24.5. The number of imidazole rings is 1. The Labute approximate surface area is 250 Å². The molecule has 5 aromatic rings. The van der Waals surface area contributed by atoms with Gasteiger partial charge in [-0.15, -0.1) is 0 Å². The third kappa shape index (κ3) is 5.76. The molecule has 0 amide bonds. The lowest BCUT2D eigenvalue weighted by molar-refractivity contribution is 0.120. The van der Waals surface area contributed by atoms with Crippen LogP contribution in [0.2, 0.25) is 10.0 Å². The summed E-state index contributed by atoms with van der Waals surface area (Å²) >= 11 is 12.6. The van der Waals surface area contributed by atoms with E-state index < -0.39 is 5.60 Å². The van der Waals surface area contributed by atoms with Gasteiger partial charge in [0.15, 0.2) is 5.60 Å². The summed E-state index contributed by atoms with van der Waals surface area (Å²) in [5, 5.41) is 18.2. The smallest absolute Gasteiger partial charge is 0.159 e. The Morgan fingerprint density at radius 1 is 0.951 bits per heavy atom. The number of H-pyrrole nitrogens is 1. The highest BCUT2D eigenvalue weighted by Gasteiger charge is 2.37. The minimum absolute atomic E-state index is 0.537. The Hall–Kier alpha value is -3.26. The summed E-state index contributed by atoms with van der Waals surface area (Å²) in [5.74, 6) is 0. The van der Waals surface area contributed by atoms with Gasteiger partial charge >= 0.3 is 0 Å². The second kappa shape index (κ2) is 11.9. The lowest BCUT2D eigenvalue weighted by Gasteiger charge is -2.29. The molecule has 1 fully saturated rings. The molecule has 2 aromatic heterocycles. The van der Waals surface area contributed by atoms with E-state index in [1.165, 1.54) is 25.9 Å². The van der Waals surface area contributed by atoms with Gasteiger partial charge in [0, 0.05) is 40.8 Å². The van der Waals surface area contributed by atoms with Crippen molar-refractivity contribution in [1.29, 1.82) is 0 Å². The first-order chi connectivity index (χ1) is 19.9. The molecule has 41 heavy (non-hydrogen) atoms. The Bertz CT molecular complexity index is 1660. The van der Waals surface area contributed by atoms with Crippen LogP contribution in [0, 0.1) is 6.92 Å². The molecule has 6 rings (SSSR count). The number of likely N-dealkylation sites (tertiary alicyclic amines) is 1. The predicted octanol–water partition coefficient (Wildman–Crippen LogP) is 6.71. The van der Waals surface area contributed by atoms with E-state index in [1.54, 1.807) is 18.5 Å². The standard InChI is InChI=1S/C33H33Cl2N5O/c1-22-32(38-21-37-22)33(41,24-7-10-26(34)11-8-24)25-9-12-31-30(18-25)29(23-5-4-6-27(35)17-23)19-28(39-31)20-36-13-16-40-14-2-3-15-40/h4-12,17-19,21,36,41H,2-3,13-16,20H2,1H3,(H,37,38). The average molecular weight is 587 g/mol. The number of nitrogens with one attached hydrogen (secondary N) is 2. The van der Waals surface area contributed by atoms with Gasteiger partial charge in [-0.2, -0.15) is 0 Å². The van der Waals surface area contributed by atoms with Gasteiger partial charge in [0.2, 0.25) is 0 Å². The third-order valence-corrected chi connectivity index (χ3v) is 8.45. The van der Waals surface area contributed by atoms with Crippen molar-refractivity contribution in [2.45, 2.75) is 31.9 Å². The topological polar surface area (TPSA) is 77.1 Å². The lowest BCUT2D eigenvalue weighted by Crippen LogP contribution is -2.30. The Balaban J connectivity index is 1.44. The molecule has 8 heteroatoms. The Morgan fingerprint density at radius 3 is 2.46 bits per heavy atom. The molecular formula is C33H33Cl2N5O. The Morgan fingerprint density at radius 2 is 1.73 bits per heavy atom. The van der Waals surface area contributed by atoms with Gasteiger partial charge in [-0.1, -0.05) is 53.5 Å². The SMILES string of the molecule is Cc1[nH]cnc1C(O)(c1ccc(Cl)cc1)c1ccc2nc(CNCCN3CCCC3)cc(-c3cccc(Cl)c3)c2c1. The quantitative estimate of drug-likeness (QED) is 0.168. The lowest BCUT2D eigenvalue weighted by atomic mass is 9.81. The molecule has 6 nitrogen and oxygen atoms in total. The number of hydrogen-bond donors (Lipinski definition) is 3. The first-order valence-electron chi connectivity index (χ1n) is 14.0. The number of benzene rings is 3. The number of halogens is 2. The van der Waals surface area contributed by atoms with E-state index in [4.69, 9.17) is 28.2 Å². The fourth-order valence-electron chi connectivity index (χ4n) is 5.81. The van der Waals surface area contributed by atoms with Crippen LogP contribution in [0.5, 0.6) is 0 Å². The maximum absolute atomic E-state index is 12.5. The van der Waals surface area contributed by atoms with Crippen molar-refractivity contribution >= 4 is 34.1 Å². The van der Waals surface area contributed by atoms with Gasteiger partial charge in [-0.25, -0.2) is 4.98 Å². The van der Waals surface area contributed by atoms with Crippen LogP contribution in [-0.4, -0.2) is 51.1 Å². The fraction of sp³-hybridized carbons (Fsp3) is 0.273. The highest BCUT2D eigenvalue weighted by Crippen LogP contribution is 2.40. The zero-order valence-electron chi connectivity index (χ0n) is 23.0. The summed E-state index contributed by atoms with van der Waals surface area (Å²) in [6.45, 7) is 6.93. The summed E-state index contributed by atoms with van der Waals surface area (Å²) in [6.07, 6.45) is 4.20. The average Bonchev–Trinajstić information content (AvgIpc) is 3.67. The van der Waals surface area contributed by atoms with Gasteiger partial charge in [-0.3, -0.25) is 4.98 Å². The first-order valence-corrected chi connectivity index (χ1v) is 14.8. The number of aromatic nitrogens is 3. The predicted molar refractivity (Wildman–Crippen MR) is 166 cm³/mol. The molecule has 1 unspecified atom stereocenters. The first kappa shape index (κ1) is 27.9. The summed E-state index contributed by atoms with van der Waals surface area (Å²) < 4.78 is 0. The van der Waals surface area contributed by atoms with Gasteiger partial charge in [0.05, 0.1) is 17.5 Å². The number of hydrogen-bond acceptors (Lipinski definition) is 5. The van der Waals surface area contributed by atoms with Crippen molar-refractivity contribution in [2.75, 3.05) is 26.2 Å². The molecule has 0 bridgehead atoms. The van der Waals surface area contributed by atoms with Crippen molar-refractivity contribution in [3.05, 3.63) is 117 Å². The van der Waals surface area contributed by atoms with Gasteiger partial charge in [0.25, 0.3) is 0 Å². The number of aromatic amines is 1. The zero-order chi connectivity index (χ0) is 28.4. The van der Waals surface area contributed by atoms with E-state index in [1.807, 2.05) is 55.5 Å². The summed E-state index contributed by atoms with van der Waals surface area (Å²) in [5.41, 5.74) is 4.97. The molecule has 1 saturated heterocycles. The van der Waals surface area contributed by atoms with Crippen LogP contribution in [0.4, 0.5) is 0 Å². The minimum Gasteiger partial charge on any atom is -0.374 e. The normalized spacial score (nSPS) is 15.4. The van der Waals surface area contributed by atoms with Crippen molar-refractivity contribution in [3.63, 3.8) is 0 Å². The number of aliphatic hydroxyl groups is 1. The molecule has 3 N–H and O–H groups in total. The molecule has 3 heterocycles. The fourth-order valence-corrected chi connectivity index (χ4v) is 6.12. The second-order valence-corrected chi connectivity index (χ2v) is 11.6. The summed E-state index contributed by atoms with van der Waals surface area (Å²) in [6, 6.07) is 23.2.